The van der Waals surface area contributed by atoms with E-state index in [9.17, 15) is 19.1 Å². The largest absolute Gasteiger partial charge is 0.465 e. The number of benzene rings is 1. The van der Waals surface area contributed by atoms with Gasteiger partial charge in [-0.1, -0.05) is 17.7 Å². The third-order valence-corrected chi connectivity index (χ3v) is 4.23. The van der Waals surface area contributed by atoms with E-state index in [1.807, 2.05) is 0 Å². The van der Waals surface area contributed by atoms with Gasteiger partial charge in [-0.15, -0.1) is 0 Å². The van der Waals surface area contributed by atoms with Crippen molar-refractivity contribution in [3.05, 3.63) is 34.6 Å². The highest BCUT2D eigenvalue weighted by molar-refractivity contribution is 6.30. The normalized spacial score (nSPS) is 20.8. The van der Waals surface area contributed by atoms with Gasteiger partial charge in [0.15, 0.2) is 0 Å². The van der Waals surface area contributed by atoms with Crippen molar-refractivity contribution in [1.82, 2.24) is 10.2 Å². The number of carbonyl (C=O) groups is 2. The van der Waals surface area contributed by atoms with E-state index in [2.05, 4.69) is 5.32 Å². The SMILES string of the molecule is COCC(=O)NC[C@@H]1CN(C(=O)O)CCO[C@H]1c1ccc(Cl)c(F)c1. The highest BCUT2D eigenvalue weighted by Crippen LogP contribution is 2.31. The highest BCUT2D eigenvalue weighted by atomic mass is 35.5. The smallest absolute Gasteiger partial charge is 0.407 e. The van der Waals surface area contributed by atoms with Gasteiger partial charge in [0.2, 0.25) is 5.91 Å². The predicted octanol–water partition coefficient (Wildman–Crippen LogP) is 1.91. The third-order valence-electron chi connectivity index (χ3n) is 3.92. The molecule has 0 saturated carbocycles. The van der Waals surface area contributed by atoms with E-state index in [4.69, 9.17) is 21.1 Å². The van der Waals surface area contributed by atoms with Gasteiger partial charge in [0.05, 0.1) is 17.7 Å². The van der Waals surface area contributed by atoms with Crippen molar-refractivity contribution in [3.8, 4) is 0 Å². The van der Waals surface area contributed by atoms with E-state index in [0.717, 1.165) is 0 Å². The lowest BCUT2D eigenvalue weighted by atomic mass is 9.95. The van der Waals surface area contributed by atoms with Crippen LogP contribution in [0.1, 0.15) is 11.7 Å². The van der Waals surface area contributed by atoms with Crippen LogP contribution >= 0.6 is 11.6 Å². The first-order valence-corrected chi connectivity index (χ1v) is 8.10. The quantitative estimate of drug-likeness (QED) is 0.822. The summed E-state index contributed by atoms with van der Waals surface area (Å²) in [5.74, 6) is -1.29. The maximum absolute atomic E-state index is 13.8. The van der Waals surface area contributed by atoms with Crippen molar-refractivity contribution in [1.29, 1.82) is 0 Å². The molecule has 0 bridgehead atoms. The van der Waals surface area contributed by atoms with Gasteiger partial charge in [-0.25, -0.2) is 9.18 Å². The average Bonchev–Trinajstić information content (AvgIpc) is 2.78. The van der Waals surface area contributed by atoms with Crippen LogP contribution in [0.2, 0.25) is 5.02 Å². The molecule has 7 nitrogen and oxygen atoms in total. The summed E-state index contributed by atoms with van der Waals surface area (Å²) in [6, 6.07) is 4.33. The Hall–Kier alpha value is -1.90. The number of nitrogens with zero attached hydrogens (tertiary/aromatic N) is 1. The number of methoxy groups -OCH3 is 1. The molecule has 0 unspecified atom stereocenters. The van der Waals surface area contributed by atoms with E-state index < -0.39 is 18.0 Å². The molecule has 9 heteroatoms. The minimum absolute atomic E-state index is 0.00511. The molecule has 2 amide bonds. The molecule has 0 spiro atoms. The minimum Gasteiger partial charge on any atom is -0.465 e. The Morgan fingerprint density at radius 1 is 1.52 bits per heavy atom. The second-order valence-electron chi connectivity index (χ2n) is 5.69. The fourth-order valence-corrected chi connectivity index (χ4v) is 2.84. The molecule has 25 heavy (non-hydrogen) atoms. The monoisotopic (exact) mass is 374 g/mol. The Morgan fingerprint density at radius 3 is 2.92 bits per heavy atom. The van der Waals surface area contributed by atoms with E-state index in [1.165, 1.54) is 24.1 Å². The molecule has 1 fully saturated rings. The highest BCUT2D eigenvalue weighted by Gasteiger charge is 2.31. The zero-order valence-electron chi connectivity index (χ0n) is 13.7. The number of nitrogens with one attached hydrogen (secondary N) is 1. The topological polar surface area (TPSA) is 88.1 Å². The van der Waals surface area contributed by atoms with Crippen LogP contribution in [0, 0.1) is 11.7 Å². The summed E-state index contributed by atoms with van der Waals surface area (Å²) in [4.78, 5) is 24.2. The van der Waals surface area contributed by atoms with Crippen LogP contribution in [0.15, 0.2) is 18.2 Å². The van der Waals surface area contributed by atoms with Crippen LogP contribution in [-0.2, 0) is 14.3 Å². The standard InChI is InChI=1S/C16H20ClFN2O5/c1-24-9-14(21)19-7-11-8-20(16(22)23)4-5-25-15(11)10-2-3-12(17)13(18)6-10/h2-3,6,11,15H,4-5,7-9H2,1H3,(H,19,21)(H,22,23)/t11-,15+/m1/s1. The second-order valence-corrected chi connectivity index (χ2v) is 6.10. The van der Waals surface area contributed by atoms with Gasteiger partial charge in [0, 0.05) is 32.7 Å². The molecule has 1 aliphatic rings. The van der Waals surface area contributed by atoms with Gasteiger partial charge in [-0.05, 0) is 17.7 Å². The first-order chi connectivity index (χ1) is 11.9. The van der Waals surface area contributed by atoms with Crippen molar-refractivity contribution in [2.75, 3.05) is 40.0 Å². The summed E-state index contributed by atoms with van der Waals surface area (Å²) in [6.07, 6.45) is -1.64. The molecule has 0 radical (unpaired) electrons. The molecule has 0 aromatic heterocycles. The first-order valence-electron chi connectivity index (χ1n) is 7.72. The molecule has 1 aliphatic heterocycles. The van der Waals surface area contributed by atoms with Crippen LogP contribution in [0.25, 0.3) is 0 Å². The number of carboxylic acid groups (broad SMARTS) is 1. The maximum atomic E-state index is 13.8. The number of hydrogen-bond donors (Lipinski definition) is 2. The second kappa shape index (κ2) is 8.98. The van der Waals surface area contributed by atoms with Crippen LogP contribution in [-0.4, -0.2) is 62.0 Å². The molecular weight excluding hydrogens is 355 g/mol. The zero-order chi connectivity index (χ0) is 18.4. The van der Waals surface area contributed by atoms with E-state index in [1.54, 1.807) is 6.07 Å². The van der Waals surface area contributed by atoms with Gasteiger partial charge >= 0.3 is 6.09 Å². The van der Waals surface area contributed by atoms with Crippen molar-refractivity contribution in [2.24, 2.45) is 5.92 Å². The number of amides is 2. The average molecular weight is 375 g/mol. The number of hydrogen-bond acceptors (Lipinski definition) is 4. The number of ether oxygens (including phenoxy) is 2. The summed E-state index contributed by atoms with van der Waals surface area (Å²) < 4.78 is 24.3. The lowest BCUT2D eigenvalue weighted by molar-refractivity contribution is -0.125. The fourth-order valence-electron chi connectivity index (χ4n) is 2.73. The molecule has 138 valence electrons. The summed E-state index contributed by atoms with van der Waals surface area (Å²) in [7, 11) is 1.40. The van der Waals surface area contributed by atoms with Crippen molar-refractivity contribution < 1.29 is 28.6 Å². The molecule has 1 aromatic rings. The van der Waals surface area contributed by atoms with Gasteiger partial charge < -0.3 is 24.8 Å². The van der Waals surface area contributed by atoms with Gasteiger partial charge in [-0.2, -0.15) is 0 Å². The lowest BCUT2D eigenvalue weighted by Crippen LogP contribution is -2.40. The fraction of sp³-hybridized carbons (Fsp3) is 0.500. The van der Waals surface area contributed by atoms with Crippen molar-refractivity contribution in [2.45, 2.75) is 6.10 Å². The maximum Gasteiger partial charge on any atom is 0.407 e. The van der Waals surface area contributed by atoms with E-state index in [0.29, 0.717) is 5.56 Å². The van der Waals surface area contributed by atoms with Crippen LogP contribution in [0.3, 0.4) is 0 Å². The summed E-state index contributed by atoms with van der Waals surface area (Å²) in [6.45, 7) is 0.586. The molecular formula is C16H20ClFN2O5. The molecule has 2 N–H and O–H groups in total. The van der Waals surface area contributed by atoms with Gasteiger partial charge in [0.1, 0.15) is 12.4 Å². The molecule has 1 aromatic carbocycles. The molecule has 2 atom stereocenters. The number of carbonyl (C=O) groups excluding carboxylic acids is 1. The predicted molar refractivity (Wildman–Crippen MR) is 88.1 cm³/mol. The summed E-state index contributed by atoms with van der Waals surface area (Å²) in [5.41, 5.74) is 0.542. The molecule has 0 aliphatic carbocycles. The Kier molecular flexibility index (Phi) is 6.98. The van der Waals surface area contributed by atoms with Crippen molar-refractivity contribution in [3.63, 3.8) is 0 Å². The Balaban J connectivity index is 2.21. The van der Waals surface area contributed by atoms with E-state index >= 15 is 0 Å². The Labute approximate surface area is 149 Å². The third kappa shape index (κ3) is 5.29. The first kappa shape index (κ1) is 19.4. The molecule has 1 saturated heterocycles. The Morgan fingerprint density at radius 2 is 2.28 bits per heavy atom. The van der Waals surface area contributed by atoms with Crippen LogP contribution in [0.5, 0.6) is 0 Å². The molecule has 2 rings (SSSR count). The summed E-state index contributed by atoms with van der Waals surface area (Å²) in [5, 5.41) is 11.9. The van der Waals surface area contributed by atoms with Gasteiger partial charge in [0.25, 0.3) is 0 Å². The van der Waals surface area contributed by atoms with Crippen LogP contribution < -0.4 is 5.32 Å². The van der Waals surface area contributed by atoms with Gasteiger partial charge in [-0.3, -0.25) is 4.79 Å². The van der Waals surface area contributed by atoms with E-state index in [-0.39, 0.29) is 49.7 Å². The molecule has 1 heterocycles. The number of rotatable bonds is 5. The van der Waals surface area contributed by atoms with Crippen molar-refractivity contribution >= 4 is 23.6 Å². The Bertz CT molecular complexity index is 631. The zero-order valence-corrected chi connectivity index (χ0v) is 14.5. The number of halogens is 2. The minimum atomic E-state index is -1.07. The lowest BCUT2D eigenvalue weighted by Gasteiger charge is -2.27. The van der Waals surface area contributed by atoms with Crippen LogP contribution in [0.4, 0.5) is 9.18 Å². The summed E-state index contributed by atoms with van der Waals surface area (Å²) >= 11 is 5.72.